The highest BCUT2D eigenvalue weighted by Gasteiger charge is 2.04. The van der Waals surface area contributed by atoms with Gasteiger partial charge in [0.25, 0.3) is 5.56 Å². The number of aromatic amines is 1. The zero-order valence-corrected chi connectivity index (χ0v) is 8.72. The van der Waals surface area contributed by atoms with Crippen molar-refractivity contribution in [3.05, 3.63) is 57.2 Å². The smallest absolute Gasteiger partial charge is 0.251 e. The minimum atomic E-state index is -0.967. The minimum absolute atomic E-state index is 0.124. The number of nitrogens with zero attached hydrogens (tertiary/aromatic N) is 1. The third kappa shape index (κ3) is 1.92. The molecule has 0 spiro atoms. The van der Waals surface area contributed by atoms with Crippen LogP contribution < -0.4 is 5.56 Å². The lowest BCUT2D eigenvalue weighted by molar-refractivity contribution is 0.508. The number of nitrogens with one attached hydrogen (secondary N) is 1. The Hall–Kier alpha value is -1.82. The van der Waals surface area contributed by atoms with Crippen LogP contribution in [-0.2, 0) is 0 Å². The minimum Gasteiger partial charge on any atom is -0.299 e. The number of aromatic nitrogens is 2. The van der Waals surface area contributed by atoms with E-state index in [-0.39, 0.29) is 10.3 Å². The first-order valence-electron chi connectivity index (χ1n) is 4.35. The summed E-state index contributed by atoms with van der Waals surface area (Å²) in [4.78, 5) is 13.3. The van der Waals surface area contributed by atoms with Crippen molar-refractivity contribution in [1.29, 1.82) is 0 Å². The van der Waals surface area contributed by atoms with E-state index < -0.39 is 11.6 Å². The van der Waals surface area contributed by atoms with Crippen LogP contribution in [0.25, 0.3) is 5.69 Å². The molecule has 0 amide bonds. The maximum absolute atomic E-state index is 13.0. The number of benzene rings is 1. The Morgan fingerprint density at radius 2 is 1.94 bits per heavy atom. The molecule has 0 aliphatic heterocycles. The maximum atomic E-state index is 13.0. The van der Waals surface area contributed by atoms with Crippen molar-refractivity contribution in [3.63, 3.8) is 0 Å². The molecule has 0 saturated heterocycles. The molecule has 6 heteroatoms. The number of H-pyrrole nitrogens is 1. The highest BCUT2D eigenvalue weighted by molar-refractivity contribution is 7.71. The lowest BCUT2D eigenvalue weighted by Crippen LogP contribution is -2.10. The average molecular weight is 240 g/mol. The van der Waals surface area contributed by atoms with Crippen molar-refractivity contribution in [2.45, 2.75) is 0 Å². The molecule has 0 fully saturated rings. The lowest BCUT2D eigenvalue weighted by Gasteiger charge is -2.05. The van der Waals surface area contributed by atoms with E-state index in [2.05, 4.69) is 4.98 Å². The summed E-state index contributed by atoms with van der Waals surface area (Å²) in [5.74, 6) is -1.90. The molecule has 82 valence electrons. The van der Waals surface area contributed by atoms with Gasteiger partial charge < -0.3 is 0 Å². The largest absolute Gasteiger partial charge is 0.299 e. The molecular formula is C10H6F2N2OS. The Morgan fingerprint density at radius 3 is 2.56 bits per heavy atom. The molecule has 0 aliphatic rings. The normalized spacial score (nSPS) is 10.4. The Morgan fingerprint density at radius 1 is 1.19 bits per heavy atom. The summed E-state index contributed by atoms with van der Waals surface area (Å²) in [6, 6.07) is 4.62. The van der Waals surface area contributed by atoms with Crippen LogP contribution in [0.15, 0.2) is 35.3 Å². The van der Waals surface area contributed by atoms with Crippen LogP contribution in [-0.4, -0.2) is 9.55 Å². The van der Waals surface area contributed by atoms with Crippen LogP contribution in [0.5, 0.6) is 0 Å². The van der Waals surface area contributed by atoms with Gasteiger partial charge in [0.2, 0.25) is 0 Å². The fraction of sp³-hybridized carbons (Fsp3) is 0. The van der Waals surface area contributed by atoms with Gasteiger partial charge in [-0.1, -0.05) is 0 Å². The van der Waals surface area contributed by atoms with Gasteiger partial charge in [-0.25, -0.2) is 8.78 Å². The van der Waals surface area contributed by atoms with Crippen molar-refractivity contribution in [3.8, 4) is 5.69 Å². The third-order valence-corrected chi connectivity index (χ3v) is 2.30. The van der Waals surface area contributed by atoms with Gasteiger partial charge in [0.1, 0.15) is 0 Å². The van der Waals surface area contributed by atoms with Gasteiger partial charge in [-0.15, -0.1) is 0 Å². The summed E-state index contributed by atoms with van der Waals surface area (Å²) in [5.41, 5.74) is 0.00369. The quantitative estimate of drug-likeness (QED) is 0.776. The van der Waals surface area contributed by atoms with Gasteiger partial charge in [0.05, 0.1) is 5.69 Å². The number of hydrogen-bond donors (Lipinski definition) is 1. The molecule has 1 N–H and O–H groups in total. The van der Waals surface area contributed by atoms with E-state index in [0.717, 1.165) is 12.1 Å². The van der Waals surface area contributed by atoms with Gasteiger partial charge in [-0.3, -0.25) is 14.3 Å². The predicted molar refractivity (Wildman–Crippen MR) is 57.1 cm³/mol. The Labute approximate surface area is 94.0 Å². The molecule has 16 heavy (non-hydrogen) atoms. The second-order valence-electron chi connectivity index (χ2n) is 3.08. The summed E-state index contributed by atoms with van der Waals surface area (Å²) >= 11 is 4.89. The van der Waals surface area contributed by atoms with Gasteiger partial charge in [0.15, 0.2) is 16.4 Å². The molecule has 0 aliphatic carbocycles. The average Bonchev–Trinajstić information content (AvgIpc) is 2.22. The van der Waals surface area contributed by atoms with E-state index in [1.807, 2.05) is 0 Å². The second-order valence-corrected chi connectivity index (χ2v) is 3.47. The standard InChI is InChI=1S/C10H6F2N2OS/c11-7-2-1-6(5-8(7)12)14-4-3-9(15)13-10(14)16/h1-5H,(H,13,15,16). The van der Waals surface area contributed by atoms with Crippen LogP contribution >= 0.6 is 12.2 Å². The molecule has 0 atom stereocenters. The van der Waals surface area contributed by atoms with Crippen molar-refractivity contribution in [1.82, 2.24) is 9.55 Å². The summed E-state index contributed by atoms with van der Waals surface area (Å²) in [7, 11) is 0. The molecule has 3 nitrogen and oxygen atoms in total. The van der Waals surface area contributed by atoms with Gasteiger partial charge in [0, 0.05) is 18.3 Å². The van der Waals surface area contributed by atoms with Gasteiger partial charge in [-0.05, 0) is 24.4 Å². The van der Waals surface area contributed by atoms with Crippen LogP contribution in [0.4, 0.5) is 8.78 Å². The van der Waals surface area contributed by atoms with E-state index >= 15 is 0 Å². The fourth-order valence-electron chi connectivity index (χ4n) is 1.26. The topological polar surface area (TPSA) is 37.8 Å². The first kappa shape index (κ1) is 10.7. The highest BCUT2D eigenvalue weighted by atomic mass is 32.1. The molecule has 1 aromatic heterocycles. The van der Waals surface area contributed by atoms with E-state index in [4.69, 9.17) is 12.2 Å². The molecule has 2 rings (SSSR count). The van der Waals surface area contributed by atoms with Gasteiger partial charge >= 0.3 is 0 Å². The van der Waals surface area contributed by atoms with Crippen LogP contribution in [0.3, 0.4) is 0 Å². The van der Waals surface area contributed by atoms with E-state index in [9.17, 15) is 13.6 Å². The molecular weight excluding hydrogens is 234 g/mol. The molecule has 0 radical (unpaired) electrons. The predicted octanol–water partition coefficient (Wildman–Crippen LogP) is 2.17. The third-order valence-electron chi connectivity index (χ3n) is 2.01. The first-order chi connectivity index (χ1) is 7.58. The van der Waals surface area contributed by atoms with Crippen molar-refractivity contribution < 1.29 is 8.78 Å². The van der Waals surface area contributed by atoms with Crippen molar-refractivity contribution >= 4 is 12.2 Å². The first-order valence-corrected chi connectivity index (χ1v) is 4.76. The molecule has 2 aromatic rings. The zero-order valence-electron chi connectivity index (χ0n) is 7.91. The summed E-state index contributed by atoms with van der Waals surface area (Å²) in [6.45, 7) is 0. The Balaban J connectivity index is 2.63. The van der Waals surface area contributed by atoms with Crippen LogP contribution in [0.2, 0.25) is 0 Å². The van der Waals surface area contributed by atoms with Crippen LogP contribution in [0, 0.1) is 16.4 Å². The molecule has 1 heterocycles. The number of hydrogen-bond acceptors (Lipinski definition) is 2. The second kappa shape index (κ2) is 3.97. The van der Waals surface area contributed by atoms with Gasteiger partial charge in [-0.2, -0.15) is 0 Å². The number of halogens is 2. The number of rotatable bonds is 1. The molecule has 1 aromatic carbocycles. The summed E-state index contributed by atoms with van der Waals surface area (Å²) in [6.07, 6.45) is 1.40. The lowest BCUT2D eigenvalue weighted by atomic mass is 10.3. The summed E-state index contributed by atoms with van der Waals surface area (Å²) in [5, 5.41) is 0. The maximum Gasteiger partial charge on any atom is 0.251 e. The van der Waals surface area contributed by atoms with E-state index in [1.165, 1.54) is 22.9 Å². The summed E-state index contributed by atoms with van der Waals surface area (Å²) < 4.78 is 27.2. The van der Waals surface area contributed by atoms with Crippen LogP contribution in [0.1, 0.15) is 0 Å². The molecule has 0 unspecified atom stereocenters. The monoisotopic (exact) mass is 240 g/mol. The van der Waals surface area contributed by atoms with E-state index in [1.54, 1.807) is 0 Å². The van der Waals surface area contributed by atoms with Crippen molar-refractivity contribution in [2.24, 2.45) is 0 Å². The Kier molecular flexibility index (Phi) is 2.66. The SMILES string of the molecule is O=c1ccn(-c2ccc(F)c(F)c2)c(=S)[nH]1. The van der Waals surface area contributed by atoms with Crippen molar-refractivity contribution in [2.75, 3.05) is 0 Å². The molecule has 0 saturated carbocycles. The Bertz CT molecular complexity index is 648. The fourth-order valence-corrected chi connectivity index (χ4v) is 1.52. The van der Waals surface area contributed by atoms with E-state index in [0.29, 0.717) is 5.69 Å². The zero-order chi connectivity index (χ0) is 11.7. The highest BCUT2D eigenvalue weighted by Crippen LogP contribution is 2.12. The molecule has 0 bridgehead atoms.